The molecule has 0 amide bonds. The van der Waals surface area contributed by atoms with Gasteiger partial charge in [0.05, 0.1) is 0 Å². The van der Waals surface area contributed by atoms with Gasteiger partial charge >= 0.3 is 0 Å². The van der Waals surface area contributed by atoms with E-state index in [0.717, 1.165) is 6.54 Å². The Bertz CT molecular complexity index is 213. The van der Waals surface area contributed by atoms with Crippen LogP contribution in [0.4, 0.5) is 0 Å². The minimum atomic E-state index is 0. The Morgan fingerprint density at radius 1 is 0.414 bits per heavy atom. The van der Waals surface area contributed by atoms with Crippen molar-refractivity contribution in [2.75, 3.05) is 25.0 Å². The maximum absolute atomic E-state index is 4.85. The van der Waals surface area contributed by atoms with Crippen LogP contribution in [0.3, 0.4) is 0 Å². The molecular formula is C26H60NOP. The van der Waals surface area contributed by atoms with E-state index < -0.39 is 0 Å². The van der Waals surface area contributed by atoms with Crippen LogP contribution in [0.2, 0.25) is 0 Å². The zero-order chi connectivity index (χ0) is 21.1. The summed E-state index contributed by atoms with van der Waals surface area (Å²) in [6, 6.07) is 0. The summed E-state index contributed by atoms with van der Waals surface area (Å²) in [5.74, 6) is 0. The molecule has 0 bridgehead atoms. The zero-order valence-electron chi connectivity index (χ0n) is 21.1. The van der Waals surface area contributed by atoms with Gasteiger partial charge < -0.3 is 11.2 Å². The predicted octanol–water partition coefficient (Wildman–Crippen LogP) is 8.69. The summed E-state index contributed by atoms with van der Waals surface area (Å²) in [7, 11) is 0.366. The fourth-order valence-electron chi connectivity index (χ4n) is 3.68. The fourth-order valence-corrected chi connectivity index (χ4v) is 6.37. The summed E-state index contributed by atoms with van der Waals surface area (Å²) in [5, 5.41) is 0. The van der Waals surface area contributed by atoms with Crippen LogP contribution in [-0.4, -0.2) is 30.5 Å². The van der Waals surface area contributed by atoms with Crippen molar-refractivity contribution in [2.24, 2.45) is 5.73 Å². The van der Waals surface area contributed by atoms with Crippen molar-refractivity contribution in [3.63, 3.8) is 0 Å². The molecule has 0 aromatic heterocycles. The Kier molecular flexibility index (Phi) is 38.7. The van der Waals surface area contributed by atoms with Gasteiger partial charge in [0.1, 0.15) is 0 Å². The normalized spacial score (nSPS) is 10.6. The molecule has 3 heteroatoms. The number of hydrogen-bond donors (Lipinski definition) is 1. The first-order chi connectivity index (χ1) is 13.8. The molecule has 0 atom stereocenters. The van der Waals surface area contributed by atoms with E-state index in [1.165, 1.54) is 116 Å². The molecule has 0 aliphatic heterocycles. The largest absolute Gasteiger partial charge is 0.412 e. The molecule has 0 radical (unpaired) electrons. The van der Waals surface area contributed by atoms with E-state index in [9.17, 15) is 0 Å². The highest BCUT2D eigenvalue weighted by Gasteiger charge is 2.07. The summed E-state index contributed by atoms with van der Waals surface area (Å²) in [6.07, 6.45) is 31.2. The molecule has 0 aromatic carbocycles. The van der Waals surface area contributed by atoms with Crippen molar-refractivity contribution < 1.29 is 5.48 Å². The third-order valence-electron chi connectivity index (χ3n) is 5.48. The second-order valence-corrected chi connectivity index (χ2v) is 11.2. The molecule has 4 N–H and O–H groups in total. The van der Waals surface area contributed by atoms with Crippen molar-refractivity contribution in [3.05, 3.63) is 0 Å². The van der Waals surface area contributed by atoms with Crippen LogP contribution in [0.5, 0.6) is 0 Å². The lowest BCUT2D eigenvalue weighted by molar-refractivity contribution is 0.617. The van der Waals surface area contributed by atoms with Crippen molar-refractivity contribution in [1.82, 2.24) is 0 Å². The molecule has 0 aromatic rings. The van der Waals surface area contributed by atoms with E-state index in [1.54, 1.807) is 18.5 Å². The fraction of sp³-hybridized carbons (Fsp3) is 1.00. The first-order valence-corrected chi connectivity index (χ1v) is 15.1. The van der Waals surface area contributed by atoms with Gasteiger partial charge in [-0.3, -0.25) is 0 Å². The van der Waals surface area contributed by atoms with Gasteiger partial charge in [0.15, 0.2) is 0 Å². The second kappa shape index (κ2) is 33.0. The molecular weight excluding hydrogens is 373 g/mol. The van der Waals surface area contributed by atoms with Crippen LogP contribution in [-0.2, 0) is 0 Å². The molecule has 0 saturated carbocycles. The molecule has 0 heterocycles. The Morgan fingerprint density at radius 3 is 0.862 bits per heavy atom. The Morgan fingerprint density at radius 2 is 0.621 bits per heavy atom. The smallest absolute Gasteiger partial charge is 0.0106 e. The first-order valence-electron chi connectivity index (χ1n) is 13.2. The van der Waals surface area contributed by atoms with Crippen LogP contribution in [0, 0.1) is 0 Å². The maximum atomic E-state index is 4.85. The molecule has 180 valence electrons. The van der Waals surface area contributed by atoms with Crippen LogP contribution < -0.4 is 5.73 Å². The lowest BCUT2D eigenvalue weighted by Crippen LogP contribution is -1.97. The number of hydrogen-bond acceptors (Lipinski definition) is 1. The molecule has 0 fully saturated rings. The van der Waals surface area contributed by atoms with E-state index in [0.29, 0.717) is 7.92 Å². The minimum Gasteiger partial charge on any atom is -0.412 e. The van der Waals surface area contributed by atoms with Gasteiger partial charge in [0.25, 0.3) is 0 Å². The SMILES string of the molecule is CCCCCCCCP(CCCCCCCC)CCCCCCCC.CCN.O. The number of unbranched alkanes of at least 4 members (excludes halogenated alkanes) is 15. The van der Waals surface area contributed by atoms with Gasteiger partial charge in [-0.05, 0) is 44.3 Å². The lowest BCUT2D eigenvalue weighted by Gasteiger charge is -2.18. The highest BCUT2D eigenvalue weighted by atomic mass is 31.1. The van der Waals surface area contributed by atoms with E-state index in [2.05, 4.69) is 20.8 Å². The predicted molar refractivity (Wildman–Crippen MR) is 140 cm³/mol. The van der Waals surface area contributed by atoms with Crippen molar-refractivity contribution in [3.8, 4) is 0 Å². The summed E-state index contributed by atoms with van der Waals surface area (Å²) in [4.78, 5) is 0. The average molecular weight is 434 g/mol. The maximum Gasteiger partial charge on any atom is -0.0106 e. The van der Waals surface area contributed by atoms with Crippen LogP contribution >= 0.6 is 7.92 Å². The summed E-state index contributed by atoms with van der Waals surface area (Å²) < 4.78 is 0. The van der Waals surface area contributed by atoms with Crippen molar-refractivity contribution >= 4 is 7.92 Å². The van der Waals surface area contributed by atoms with E-state index >= 15 is 0 Å². The first kappa shape index (κ1) is 34.0. The molecule has 29 heavy (non-hydrogen) atoms. The molecule has 0 spiro atoms. The third kappa shape index (κ3) is 33.2. The van der Waals surface area contributed by atoms with E-state index in [1.807, 2.05) is 6.92 Å². The average Bonchev–Trinajstić information content (AvgIpc) is 2.69. The molecule has 0 saturated heterocycles. The van der Waals surface area contributed by atoms with E-state index in [4.69, 9.17) is 5.73 Å². The van der Waals surface area contributed by atoms with Crippen LogP contribution in [0.1, 0.15) is 143 Å². The number of rotatable bonds is 21. The van der Waals surface area contributed by atoms with Gasteiger partial charge in [0.2, 0.25) is 0 Å². The lowest BCUT2D eigenvalue weighted by atomic mass is 10.1. The minimum absolute atomic E-state index is 0. The van der Waals surface area contributed by atoms with Gasteiger partial charge in [-0.15, -0.1) is 7.92 Å². The molecule has 0 aliphatic rings. The van der Waals surface area contributed by atoms with Gasteiger partial charge in [-0.1, -0.05) is 124 Å². The molecule has 0 unspecified atom stereocenters. The van der Waals surface area contributed by atoms with Crippen LogP contribution in [0.15, 0.2) is 0 Å². The molecule has 0 rings (SSSR count). The van der Waals surface area contributed by atoms with Crippen LogP contribution in [0.25, 0.3) is 0 Å². The van der Waals surface area contributed by atoms with E-state index in [-0.39, 0.29) is 5.48 Å². The highest BCUT2D eigenvalue weighted by molar-refractivity contribution is 7.57. The van der Waals surface area contributed by atoms with Crippen molar-refractivity contribution in [1.29, 1.82) is 0 Å². The quantitative estimate of drug-likeness (QED) is 0.143. The molecule has 2 nitrogen and oxygen atoms in total. The summed E-state index contributed by atoms with van der Waals surface area (Å²) in [5.41, 5.74) is 4.85. The summed E-state index contributed by atoms with van der Waals surface area (Å²) >= 11 is 0. The second-order valence-electron chi connectivity index (χ2n) is 8.55. The Hall–Kier alpha value is 0.350. The Balaban J connectivity index is -0.00000158. The van der Waals surface area contributed by atoms with Gasteiger partial charge in [-0.2, -0.15) is 0 Å². The van der Waals surface area contributed by atoms with Gasteiger partial charge in [0, 0.05) is 0 Å². The third-order valence-corrected chi connectivity index (χ3v) is 8.33. The molecule has 0 aliphatic carbocycles. The number of nitrogens with two attached hydrogens (primary N) is 1. The highest BCUT2D eigenvalue weighted by Crippen LogP contribution is 2.39. The zero-order valence-corrected chi connectivity index (χ0v) is 22.0. The monoisotopic (exact) mass is 433 g/mol. The summed E-state index contributed by atoms with van der Waals surface area (Å²) in [6.45, 7) is 9.61. The Labute approximate surface area is 187 Å². The topological polar surface area (TPSA) is 57.5 Å². The van der Waals surface area contributed by atoms with Crippen molar-refractivity contribution in [2.45, 2.75) is 143 Å². The van der Waals surface area contributed by atoms with Gasteiger partial charge in [-0.25, -0.2) is 0 Å². The standard InChI is InChI=1S/C24H51P.C2H7N.H2O/c1-4-7-10-13-16-19-22-25(23-20-17-14-11-8-5-2)24-21-18-15-12-9-6-3;1-2-3;/h4-24H2,1-3H3;2-3H2,1H3;1H2.